The smallest absolute Gasteiger partial charge is 0.239 e. The molecule has 0 spiro atoms. The fourth-order valence-electron chi connectivity index (χ4n) is 1.81. The summed E-state index contributed by atoms with van der Waals surface area (Å²) in [5, 5.41) is 2.90. The van der Waals surface area contributed by atoms with E-state index in [1.807, 2.05) is 4.90 Å². The first-order chi connectivity index (χ1) is 8.60. The Bertz CT molecular complexity index is 458. The molecule has 2 heterocycles. The summed E-state index contributed by atoms with van der Waals surface area (Å²) in [7, 11) is 0. The molecule has 4 nitrogen and oxygen atoms in total. The molecule has 98 valence electrons. The summed E-state index contributed by atoms with van der Waals surface area (Å²) in [6.07, 6.45) is 1.10. The van der Waals surface area contributed by atoms with Crippen molar-refractivity contribution in [1.29, 1.82) is 0 Å². The van der Waals surface area contributed by atoms with Gasteiger partial charge in [0.2, 0.25) is 5.91 Å². The highest BCUT2D eigenvalue weighted by molar-refractivity contribution is 6.34. The maximum atomic E-state index is 13.1. The van der Waals surface area contributed by atoms with Crippen LogP contribution in [0, 0.1) is 0 Å². The average Bonchev–Trinajstić information content (AvgIpc) is 2.78. The van der Waals surface area contributed by atoms with E-state index in [9.17, 15) is 9.18 Å². The summed E-state index contributed by atoms with van der Waals surface area (Å²) in [5.41, 5.74) is 0.439. The molecule has 1 aliphatic rings. The van der Waals surface area contributed by atoms with Crippen LogP contribution in [-0.2, 0) is 4.79 Å². The van der Waals surface area contributed by atoms with Crippen LogP contribution in [0.2, 0.25) is 5.02 Å². The minimum Gasteiger partial charge on any atom is -0.354 e. The van der Waals surface area contributed by atoms with Crippen molar-refractivity contribution in [3.05, 3.63) is 17.3 Å². The number of hydrogen-bond donors (Lipinski definition) is 1. The SMILES string of the molecule is O=C(CCl)Nc1cc(N2CC[C@H](F)C2)ncc1Cl. The maximum absolute atomic E-state index is 13.1. The number of pyridine rings is 1. The molecule has 0 aromatic carbocycles. The highest BCUT2D eigenvalue weighted by Gasteiger charge is 2.23. The number of carbonyl (C=O) groups excluding carboxylic acids is 1. The van der Waals surface area contributed by atoms with Crippen molar-refractivity contribution in [2.75, 3.05) is 29.2 Å². The zero-order valence-corrected chi connectivity index (χ0v) is 11.0. The number of hydrogen-bond acceptors (Lipinski definition) is 3. The molecule has 1 aromatic rings. The molecule has 0 saturated carbocycles. The lowest BCUT2D eigenvalue weighted by Gasteiger charge is -2.17. The number of anilines is 2. The van der Waals surface area contributed by atoms with E-state index in [0.29, 0.717) is 36.0 Å². The van der Waals surface area contributed by atoms with Gasteiger partial charge in [0.15, 0.2) is 0 Å². The molecule has 0 bridgehead atoms. The van der Waals surface area contributed by atoms with Crippen LogP contribution in [0.4, 0.5) is 15.9 Å². The van der Waals surface area contributed by atoms with Crippen LogP contribution >= 0.6 is 23.2 Å². The fraction of sp³-hybridized carbons (Fsp3) is 0.455. The molecule has 1 amide bonds. The lowest BCUT2D eigenvalue weighted by Crippen LogP contribution is -2.21. The quantitative estimate of drug-likeness (QED) is 0.870. The lowest BCUT2D eigenvalue weighted by molar-refractivity contribution is -0.113. The molecule has 7 heteroatoms. The van der Waals surface area contributed by atoms with Gasteiger partial charge in [0.1, 0.15) is 17.9 Å². The minimum absolute atomic E-state index is 0.149. The first-order valence-electron chi connectivity index (χ1n) is 5.50. The number of amides is 1. The molecule has 0 aliphatic carbocycles. The number of rotatable bonds is 3. The van der Waals surface area contributed by atoms with E-state index in [2.05, 4.69) is 10.3 Å². The van der Waals surface area contributed by atoms with Gasteiger partial charge in [-0.15, -0.1) is 11.6 Å². The normalized spacial score (nSPS) is 19.1. The summed E-state index contributed by atoms with van der Waals surface area (Å²) in [5.74, 6) is 0.106. The third-order valence-corrected chi connectivity index (χ3v) is 3.24. The Hall–Kier alpha value is -1.07. The molecule has 1 aliphatic heterocycles. The van der Waals surface area contributed by atoms with E-state index in [1.165, 1.54) is 6.20 Å². The zero-order chi connectivity index (χ0) is 13.1. The zero-order valence-electron chi connectivity index (χ0n) is 9.50. The second kappa shape index (κ2) is 5.71. The van der Waals surface area contributed by atoms with Crippen molar-refractivity contribution < 1.29 is 9.18 Å². The number of alkyl halides is 2. The molecule has 1 atom stereocenters. The van der Waals surface area contributed by atoms with Crippen LogP contribution in [0.25, 0.3) is 0 Å². The van der Waals surface area contributed by atoms with Crippen LogP contribution in [0.15, 0.2) is 12.3 Å². The topological polar surface area (TPSA) is 45.2 Å². The second-order valence-electron chi connectivity index (χ2n) is 4.04. The highest BCUT2D eigenvalue weighted by Crippen LogP contribution is 2.27. The van der Waals surface area contributed by atoms with Gasteiger partial charge in [0.25, 0.3) is 0 Å². The Morgan fingerprint density at radius 1 is 1.67 bits per heavy atom. The van der Waals surface area contributed by atoms with Gasteiger partial charge in [0.05, 0.1) is 23.5 Å². The van der Waals surface area contributed by atoms with Crippen LogP contribution in [0.1, 0.15) is 6.42 Å². The molecular weight excluding hydrogens is 280 g/mol. The molecular formula is C11H12Cl2FN3O. The monoisotopic (exact) mass is 291 g/mol. The predicted molar refractivity (Wildman–Crippen MR) is 70.3 cm³/mol. The maximum Gasteiger partial charge on any atom is 0.239 e. The minimum atomic E-state index is -0.830. The standard InChI is InChI=1S/C11H12Cl2FN3O/c12-4-11(18)16-9-3-10(15-5-8(9)13)17-2-1-7(14)6-17/h3,5,7H,1-2,4,6H2,(H,15,16,18)/t7-/m0/s1. The van der Waals surface area contributed by atoms with E-state index in [4.69, 9.17) is 23.2 Å². The molecule has 0 radical (unpaired) electrons. The van der Waals surface area contributed by atoms with Gasteiger partial charge in [-0.2, -0.15) is 0 Å². The summed E-state index contributed by atoms with van der Waals surface area (Å²) < 4.78 is 13.1. The summed E-state index contributed by atoms with van der Waals surface area (Å²) in [4.78, 5) is 17.2. The van der Waals surface area contributed by atoms with Crippen molar-refractivity contribution >= 4 is 40.6 Å². The van der Waals surface area contributed by atoms with Gasteiger partial charge in [-0.3, -0.25) is 4.79 Å². The number of aromatic nitrogens is 1. The second-order valence-corrected chi connectivity index (χ2v) is 4.71. The average molecular weight is 292 g/mol. The number of nitrogens with one attached hydrogen (secondary N) is 1. The molecule has 2 rings (SSSR count). The van der Waals surface area contributed by atoms with Gasteiger partial charge in [-0.25, -0.2) is 9.37 Å². The van der Waals surface area contributed by atoms with Gasteiger partial charge in [-0.1, -0.05) is 11.6 Å². The lowest BCUT2D eigenvalue weighted by atomic mass is 10.3. The number of halogens is 3. The predicted octanol–water partition coefficient (Wildman–Crippen LogP) is 2.46. The molecule has 1 aromatic heterocycles. The molecule has 1 N–H and O–H groups in total. The third kappa shape index (κ3) is 3.03. The van der Waals surface area contributed by atoms with Gasteiger partial charge >= 0.3 is 0 Å². The Kier molecular flexibility index (Phi) is 4.24. The van der Waals surface area contributed by atoms with Crippen molar-refractivity contribution in [2.45, 2.75) is 12.6 Å². The Morgan fingerprint density at radius 2 is 2.44 bits per heavy atom. The summed E-state index contributed by atoms with van der Waals surface area (Å²) >= 11 is 11.3. The van der Waals surface area contributed by atoms with E-state index in [-0.39, 0.29) is 11.8 Å². The van der Waals surface area contributed by atoms with E-state index in [1.54, 1.807) is 6.07 Å². The van der Waals surface area contributed by atoms with Gasteiger partial charge in [-0.05, 0) is 6.42 Å². The van der Waals surface area contributed by atoms with E-state index in [0.717, 1.165) is 0 Å². The largest absolute Gasteiger partial charge is 0.354 e. The molecule has 1 saturated heterocycles. The van der Waals surface area contributed by atoms with Gasteiger partial charge in [0, 0.05) is 12.6 Å². The van der Waals surface area contributed by atoms with Crippen LogP contribution in [0.3, 0.4) is 0 Å². The van der Waals surface area contributed by atoms with Crippen LogP contribution < -0.4 is 10.2 Å². The van der Waals surface area contributed by atoms with Crippen molar-refractivity contribution in [1.82, 2.24) is 4.98 Å². The van der Waals surface area contributed by atoms with Crippen LogP contribution in [0.5, 0.6) is 0 Å². The Balaban J connectivity index is 2.18. The van der Waals surface area contributed by atoms with Crippen LogP contribution in [-0.4, -0.2) is 36.0 Å². The third-order valence-electron chi connectivity index (χ3n) is 2.69. The van der Waals surface area contributed by atoms with Crippen molar-refractivity contribution in [3.8, 4) is 0 Å². The highest BCUT2D eigenvalue weighted by atomic mass is 35.5. The summed E-state index contributed by atoms with van der Waals surface area (Å²) in [6.45, 7) is 0.927. The van der Waals surface area contributed by atoms with E-state index < -0.39 is 6.17 Å². The first-order valence-corrected chi connectivity index (χ1v) is 6.42. The van der Waals surface area contributed by atoms with Crippen molar-refractivity contribution in [3.63, 3.8) is 0 Å². The van der Waals surface area contributed by atoms with Crippen molar-refractivity contribution in [2.24, 2.45) is 0 Å². The number of nitrogens with zero attached hydrogens (tertiary/aromatic N) is 2. The van der Waals surface area contributed by atoms with Gasteiger partial charge < -0.3 is 10.2 Å². The molecule has 18 heavy (non-hydrogen) atoms. The summed E-state index contributed by atoms with van der Waals surface area (Å²) in [6, 6.07) is 1.63. The number of carbonyl (C=O) groups is 1. The first kappa shape index (κ1) is 13.4. The Labute approximate surface area is 114 Å². The molecule has 0 unspecified atom stereocenters. The Morgan fingerprint density at radius 3 is 3.06 bits per heavy atom. The fourth-order valence-corrected chi connectivity index (χ4v) is 2.02. The van der Waals surface area contributed by atoms with E-state index >= 15 is 0 Å². The molecule has 1 fully saturated rings.